The zero-order chi connectivity index (χ0) is 13.1. The smallest absolute Gasteiger partial charge is 0.137 e. The Kier molecular flexibility index (Phi) is 3.65. The van der Waals surface area contributed by atoms with Gasteiger partial charge in [0.15, 0.2) is 0 Å². The Morgan fingerprint density at radius 3 is 2.72 bits per heavy atom. The Morgan fingerprint density at radius 1 is 1.22 bits per heavy atom. The van der Waals surface area contributed by atoms with Gasteiger partial charge in [-0.05, 0) is 37.5 Å². The lowest BCUT2D eigenvalue weighted by Gasteiger charge is -2.17. The molecule has 0 fully saturated rings. The van der Waals surface area contributed by atoms with Gasteiger partial charge in [-0.15, -0.1) is 0 Å². The number of fused-ring (bicyclic) bond motifs is 1. The summed E-state index contributed by atoms with van der Waals surface area (Å²) in [6, 6.07) is 6.11. The van der Waals surface area contributed by atoms with Gasteiger partial charge in [-0.2, -0.15) is 0 Å². The number of nitrogens with two attached hydrogens (primary N) is 1. The lowest BCUT2D eigenvalue weighted by molar-refractivity contribution is 0.539. The van der Waals surface area contributed by atoms with Crippen molar-refractivity contribution in [3.05, 3.63) is 24.5 Å². The van der Waals surface area contributed by atoms with Crippen molar-refractivity contribution < 1.29 is 0 Å². The van der Waals surface area contributed by atoms with Crippen molar-refractivity contribution in [1.29, 1.82) is 0 Å². The van der Waals surface area contributed by atoms with Gasteiger partial charge in [0.1, 0.15) is 12.1 Å². The summed E-state index contributed by atoms with van der Waals surface area (Å²) in [5.74, 6) is 1.55. The molecule has 1 aromatic heterocycles. The average molecular weight is 244 g/mol. The number of hydrogen-bond acceptors (Lipinski definition) is 4. The lowest BCUT2D eigenvalue weighted by atomic mass is 10.1. The summed E-state index contributed by atoms with van der Waals surface area (Å²) in [6.45, 7) is 6.61. The van der Waals surface area contributed by atoms with Gasteiger partial charge in [-0.3, -0.25) is 0 Å². The molecule has 2 rings (SSSR count). The van der Waals surface area contributed by atoms with Crippen molar-refractivity contribution in [2.24, 2.45) is 5.92 Å². The molecule has 0 aliphatic rings. The second-order valence-electron chi connectivity index (χ2n) is 5.17. The van der Waals surface area contributed by atoms with E-state index in [1.165, 1.54) is 0 Å². The third-order valence-electron chi connectivity index (χ3n) is 2.87. The molecule has 3 N–H and O–H groups in total. The molecule has 96 valence electrons. The molecule has 0 saturated heterocycles. The maximum atomic E-state index is 5.76. The first kappa shape index (κ1) is 12.6. The lowest BCUT2D eigenvalue weighted by Crippen LogP contribution is -2.18. The van der Waals surface area contributed by atoms with Crippen LogP contribution in [0.5, 0.6) is 0 Å². The highest BCUT2D eigenvalue weighted by Crippen LogP contribution is 2.22. The van der Waals surface area contributed by atoms with E-state index in [0.717, 1.165) is 28.8 Å². The molecule has 0 bridgehead atoms. The summed E-state index contributed by atoms with van der Waals surface area (Å²) in [5.41, 5.74) is 7.36. The van der Waals surface area contributed by atoms with E-state index in [9.17, 15) is 0 Å². The molecule has 2 aromatic rings. The Labute approximate surface area is 108 Å². The van der Waals surface area contributed by atoms with Crippen LogP contribution in [0.4, 0.5) is 11.5 Å². The molecule has 1 unspecified atom stereocenters. The van der Waals surface area contributed by atoms with Gasteiger partial charge < -0.3 is 11.1 Å². The molecule has 0 saturated carbocycles. The van der Waals surface area contributed by atoms with Crippen LogP contribution >= 0.6 is 0 Å². The van der Waals surface area contributed by atoms with Gasteiger partial charge in [0, 0.05) is 17.1 Å². The van der Waals surface area contributed by atoms with Gasteiger partial charge >= 0.3 is 0 Å². The second kappa shape index (κ2) is 5.21. The molecule has 18 heavy (non-hydrogen) atoms. The van der Waals surface area contributed by atoms with Gasteiger partial charge in [-0.25, -0.2) is 9.97 Å². The van der Waals surface area contributed by atoms with Crippen LogP contribution < -0.4 is 11.1 Å². The Hall–Kier alpha value is -1.84. The van der Waals surface area contributed by atoms with Gasteiger partial charge in [0.05, 0.1) is 5.52 Å². The number of nitrogens with one attached hydrogen (secondary N) is 1. The van der Waals surface area contributed by atoms with Crippen LogP contribution in [0, 0.1) is 5.92 Å². The Bertz CT molecular complexity index is 536. The van der Waals surface area contributed by atoms with E-state index in [1.807, 2.05) is 18.2 Å². The average Bonchev–Trinajstić information content (AvgIpc) is 2.27. The molecule has 0 amide bonds. The van der Waals surface area contributed by atoms with Crippen LogP contribution in [0.25, 0.3) is 10.9 Å². The SMILES string of the molecule is CC(C)CC(C)Nc1ncnc2cc(N)ccc12. The van der Waals surface area contributed by atoms with E-state index >= 15 is 0 Å². The van der Waals surface area contributed by atoms with Crippen molar-refractivity contribution in [2.45, 2.75) is 33.2 Å². The molecular weight excluding hydrogens is 224 g/mol. The van der Waals surface area contributed by atoms with E-state index in [0.29, 0.717) is 12.0 Å². The highest BCUT2D eigenvalue weighted by molar-refractivity contribution is 5.90. The van der Waals surface area contributed by atoms with Gasteiger partial charge in [-0.1, -0.05) is 13.8 Å². The fourth-order valence-electron chi connectivity index (χ4n) is 2.19. The van der Waals surface area contributed by atoms with Crippen LogP contribution in [0.1, 0.15) is 27.2 Å². The molecule has 4 nitrogen and oxygen atoms in total. The summed E-state index contributed by atoms with van der Waals surface area (Å²) in [7, 11) is 0. The van der Waals surface area contributed by atoms with Crippen LogP contribution in [-0.4, -0.2) is 16.0 Å². The van der Waals surface area contributed by atoms with Crippen LogP contribution in [0.3, 0.4) is 0 Å². The van der Waals surface area contributed by atoms with E-state index in [-0.39, 0.29) is 0 Å². The first-order valence-corrected chi connectivity index (χ1v) is 6.33. The van der Waals surface area contributed by atoms with E-state index in [2.05, 4.69) is 36.1 Å². The van der Waals surface area contributed by atoms with Gasteiger partial charge in [0.25, 0.3) is 0 Å². The quantitative estimate of drug-likeness (QED) is 0.811. The molecule has 1 atom stereocenters. The number of hydrogen-bond donors (Lipinski definition) is 2. The maximum absolute atomic E-state index is 5.76. The van der Waals surface area contributed by atoms with Crippen molar-refractivity contribution in [3.8, 4) is 0 Å². The number of benzene rings is 1. The third-order valence-corrected chi connectivity index (χ3v) is 2.87. The molecule has 0 aliphatic heterocycles. The largest absolute Gasteiger partial charge is 0.399 e. The normalized spacial score (nSPS) is 12.9. The first-order valence-electron chi connectivity index (χ1n) is 6.33. The molecular formula is C14H20N4. The fraction of sp³-hybridized carbons (Fsp3) is 0.429. The maximum Gasteiger partial charge on any atom is 0.137 e. The molecule has 1 heterocycles. The number of nitrogens with zero attached hydrogens (tertiary/aromatic N) is 2. The van der Waals surface area contributed by atoms with Crippen LogP contribution in [-0.2, 0) is 0 Å². The second-order valence-corrected chi connectivity index (χ2v) is 5.17. The van der Waals surface area contributed by atoms with E-state index in [4.69, 9.17) is 5.73 Å². The van der Waals surface area contributed by atoms with Crippen molar-refractivity contribution in [3.63, 3.8) is 0 Å². The molecule has 0 radical (unpaired) electrons. The molecule has 4 heteroatoms. The third kappa shape index (κ3) is 2.88. The van der Waals surface area contributed by atoms with Crippen molar-refractivity contribution in [1.82, 2.24) is 9.97 Å². The van der Waals surface area contributed by atoms with Crippen molar-refractivity contribution in [2.75, 3.05) is 11.1 Å². The molecule has 0 aliphatic carbocycles. The Morgan fingerprint density at radius 2 is 2.00 bits per heavy atom. The fourth-order valence-corrected chi connectivity index (χ4v) is 2.19. The number of aromatic nitrogens is 2. The van der Waals surface area contributed by atoms with E-state index in [1.54, 1.807) is 6.33 Å². The monoisotopic (exact) mass is 244 g/mol. The highest BCUT2D eigenvalue weighted by Gasteiger charge is 2.08. The summed E-state index contributed by atoms with van der Waals surface area (Å²) >= 11 is 0. The summed E-state index contributed by atoms with van der Waals surface area (Å²) in [5, 5.41) is 4.46. The standard InChI is InChI=1S/C14H20N4/c1-9(2)6-10(3)18-14-12-5-4-11(15)7-13(12)16-8-17-14/h4-5,7-10H,6,15H2,1-3H3,(H,16,17,18). The predicted octanol–water partition coefficient (Wildman–Crippen LogP) is 3.06. The minimum absolute atomic E-state index is 0.389. The number of rotatable bonds is 4. The van der Waals surface area contributed by atoms with Crippen molar-refractivity contribution >= 4 is 22.4 Å². The predicted molar refractivity (Wildman–Crippen MR) is 76.5 cm³/mol. The van der Waals surface area contributed by atoms with Gasteiger partial charge in [0.2, 0.25) is 0 Å². The summed E-state index contributed by atoms with van der Waals surface area (Å²) < 4.78 is 0. The summed E-state index contributed by atoms with van der Waals surface area (Å²) in [4.78, 5) is 8.56. The molecule has 1 aromatic carbocycles. The Balaban J connectivity index is 2.28. The minimum atomic E-state index is 0.389. The first-order chi connectivity index (χ1) is 8.56. The zero-order valence-corrected chi connectivity index (χ0v) is 11.1. The topological polar surface area (TPSA) is 63.8 Å². The van der Waals surface area contributed by atoms with Crippen LogP contribution in [0.15, 0.2) is 24.5 Å². The van der Waals surface area contributed by atoms with E-state index < -0.39 is 0 Å². The minimum Gasteiger partial charge on any atom is -0.399 e. The van der Waals surface area contributed by atoms with Crippen LogP contribution in [0.2, 0.25) is 0 Å². The number of anilines is 2. The zero-order valence-electron chi connectivity index (χ0n) is 11.1. The summed E-state index contributed by atoms with van der Waals surface area (Å²) in [6.07, 6.45) is 2.69. The highest BCUT2D eigenvalue weighted by atomic mass is 15.0. The number of nitrogen functional groups attached to an aromatic ring is 1. The molecule has 0 spiro atoms.